The maximum Gasteiger partial charge on any atom is 0 e. The van der Waals surface area contributed by atoms with Crippen LogP contribution in [0.4, 0.5) is 0 Å². The largest absolute Gasteiger partial charge is 0 e. The van der Waals surface area contributed by atoms with E-state index >= 15 is 0 Å². The van der Waals surface area contributed by atoms with Gasteiger partial charge in [0.2, 0.25) is 0 Å². The minimum Gasteiger partial charge on any atom is 0 e. The molecule has 0 fully saturated rings. The minimum atomic E-state index is -1.59. The smallest absolute Gasteiger partial charge is 0 e. The molecule has 0 atom stereocenters. The Morgan fingerprint density at radius 2 is 0.840 bits per heavy atom. The summed E-state index contributed by atoms with van der Waals surface area (Å²) in [6, 6.07) is 28.5. The van der Waals surface area contributed by atoms with E-state index in [-0.39, 0.29) is 23.9 Å². The second-order valence-electron chi connectivity index (χ2n) is 32.6. The number of nitrogens with zero attached hydrogens (tertiary/aromatic N) is 1. The Kier molecular flexibility index (Phi) is 26.9. The molecule has 1 N–H and O–H groups in total. The predicted octanol–water partition coefficient (Wildman–Crippen LogP) is 22.2. The van der Waals surface area contributed by atoms with Gasteiger partial charge in [0.1, 0.15) is 0 Å². The number of aryl methyl sites for hydroxylation is 3. The Morgan fingerprint density at radius 3 is 1.14 bits per heavy atom. The average molecular weight is 1430 g/mol. The van der Waals surface area contributed by atoms with Gasteiger partial charge < -0.3 is 0 Å². The topological polar surface area (TPSA) is 32.6 Å². The fourth-order valence-corrected chi connectivity index (χ4v) is 72.2. The zero-order valence-electron chi connectivity index (χ0n) is 57.8. The number of allylic oxidation sites excluding steroid dienone is 3. The van der Waals surface area contributed by atoms with Crippen molar-refractivity contribution in [3.63, 3.8) is 0 Å². The number of oxime groups is 1. The molecule has 11 heteroatoms. The van der Waals surface area contributed by atoms with Gasteiger partial charge in [-0.3, -0.25) is 0 Å². The summed E-state index contributed by atoms with van der Waals surface area (Å²) >= 11 is 1.44. The monoisotopic (exact) mass is 1430 g/mol. The average Bonchev–Trinajstić information content (AvgIpc) is 3.25. The fraction of sp³-hybridized carbons (Fsp3) is 0.557. The predicted molar refractivity (Wildman–Crippen MR) is 391 cm³/mol. The maximum atomic E-state index is 8.71. The van der Waals surface area contributed by atoms with Gasteiger partial charge in [-0.25, -0.2) is 0 Å². The molecule has 5 rings (SSSR count). The summed E-state index contributed by atoms with van der Waals surface area (Å²) < 4.78 is 1.14. The molecule has 81 heavy (non-hydrogen) atoms. The van der Waals surface area contributed by atoms with Gasteiger partial charge in [0, 0.05) is 70.7 Å². The summed E-state index contributed by atoms with van der Waals surface area (Å²) in [5, 5.41) is 13.4. The number of hydrogen-bond acceptors (Lipinski definition) is 2. The van der Waals surface area contributed by atoms with Crippen molar-refractivity contribution < 1.29 is 5.21 Å². The van der Waals surface area contributed by atoms with Crippen molar-refractivity contribution in [2.45, 2.75) is 252 Å². The molecule has 0 amide bonds. The molecule has 0 aliphatic heterocycles. The van der Waals surface area contributed by atoms with E-state index < -0.39 is 56.5 Å². The molecule has 0 unspecified atom stereocenters. The molecule has 4 aromatic carbocycles. The van der Waals surface area contributed by atoms with Crippen molar-refractivity contribution in [2.75, 3.05) is 0 Å². The van der Waals surface area contributed by atoms with Crippen LogP contribution in [0.15, 0.2) is 100 Å². The SMILES string of the molecule is CC(C)c1ccc(-c2[c]c(-c3ccc(C(C)C)cc3C(C)C)ccc2)c(C(C)C)c1.C[Si](C)(C)C(C1=C=C(C([Si](C)(C)C)[Si](C)(C)C)C=C(C([Si](C)(C)C)([Si](C)(C)C)[Si](C)(C)C)[CH]1)[Si](C)(C)C.Cc1cc(C)c(C([TeH])=NO)c(C)c1.[Sn]. The van der Waals surface area contributed by atoms with Gasteiger partial charge >= 0.3 is 91.6 Å². The van der Waals surface area contributed by atoms with Crippen molar-refractivity contribution in [3.05, 3.63) is 152 Å². The van der Waals surface area contributed by atoms with Crippen LogP contribution in [0, 0.1) is 33.3 Å². The third-order valence-corrected chi connectivity index (χ3v) is 57.5. The molecule has 0 aromatic heterocycles. The van der Waals surface area contributed by atoms with E-state index in [0.29, 0.717) is 28.0 Å². The molecular weight excluding hydrogens is 1310 g/mol. The van der Waals surface area contributed by atoms with E-state index in [2.05, 4.69) is 296 Å². The fourth-order valence-electron chi connectivity index (χ4n) is 16.0. The van der Waals surface area contributed by atoms with Crippen LogP contribution in [-0.4, -0.2) is 112 Å². The Labute approximate surface area is 538 Å². The van der Waals surface area contributed by atoms with Gasteiger partial charge in [-0.2, -0.15) is 0 Å². The second kappa shape index (κ2) is 28.7. The van der Waals surface area contributed by atoms with Gasteiger partial charge in [0.05, 0.1) is 16.1 Å². The van der Waals surface area contributed by atoms with E-state index in [1.807, 2.05) is 13.8 Å². The van der Waals surface area contributed by atoms with E-state index in [1.165, 1.54) is 83.5 Å². The molecule has 1 aliphatic rings. The van der Waals surface area contributed by atoms with E-state index in [0.717, 1.165) is 19.7 Å². The molecule has 0 spiro atoms. The summed E-state index contributed by atoms with van der Waals surface area (Å²) in [5.74, 6) is 2.04. The van der Waals surface area contributed by atoms with Crippen LogP contribution in [0.5, 0.6) is 0 Å². The molecule has 2 nitrogen and oxygen atoms in total. The molecule has 1 aliphatic carbocycles. The van der Waals surface area contributed by atoms with Gasteiger partial charge in [-0.1, -0.05) is 259 Å². The zero-order chi connectivity index (χ0) is 62.0. The Bertz CT molecular complexity index is 2740. The van der Waals surface area contributed by atoms with Crippen LogP contribution in [0.25, 0.3) is 22.3 Å². The third-order valence-electron chi connectivity index (χ3n) is 16.9. The molecule has 0 saturated heterocycles. The van der Waals surface area contributed by atoms with Crippen molar-refractivity contribution in [2.24, 2.45) is 5.16 Å². The summed E-state index contributed by atoms with van der Waals surface area (Å²) in [4.78, 5) is 0. The van der Waals surface area contributed by atoms with Crippen LogP contribution in [-0.2, 0) is 0 Å². The van der Waals surface area contributed by atoms with Gasteiger partial charge in [0.15, 0.2) is 0 Å². The molecule has 0 bridgehead atoms. The Balaban J connectivity index is 0.000000454. The van der Waals surface area contributed by atoms with Crippen LogP contribution < -0.4 is 0 Å². The zero-order valence-corrected chi connectivity index (χ0v) is 70.2. The molecule has 0 saturated carbocycles. The maximum absolute atomic E-state index is 8.71. The minimum absolute atomic E-state index is 0. The van der Waals surface area contributed by atoms with Crippen molar-refractivity contribution >= 4 is 106 Å². The second-order valence-corrected chi connectivity index (χ2v) is 73.4. The first kappa shape index (κ1) is 75.8. The molecule has 0 heterocycles. The first-order valence-electron chi connectivity index (χ1n) is 30.4. The van der Waals surface area contributed by atoms with E-state index in [1.54, 1.807) is 16.7 Å². The van der Waals surface area contributed by atoms with Crippen molar-refractivity contribution in [1.82, 2.24) is 0 Å². The van der Waals surface area contributed by atoms with E-state index in [4.69, 9.17) is 5.21 Å². The van der Waals surface area contributed by atoms with Crippen molar-refractivity contribution in [1.29, 1.82) is 0 Å². The van der Waals surface area contributed by atoms with Crippen LogP contribution >= 0.6 is 0 Å². The molecule has 4 aromatic rings. The van der Waals surface area contributed by atoms with Crippen LogP contribution in [0.1, 0.15) is 124 Å². The van der Waals surface area contributed by atoms with Crippen LogP contribution in [0.3, 0.4) is 0 Å². The van der Waals surface area contributed by atoms with Gasteiger partial charge in [0.25, 0.3) is 0 Å². The summed E-state index contributed by atoms with van der Waals surface area (Å²) in [6.45, 7) is 80.3. The first-order valence-corrected chi connectivity index (χ1v) is 56.5. The van der Waals surface area contributed by atoms with Gasteiger partial charge in [-0.15, -0.1) is 5.73 Å². The number of hydrogen-bond donors (Lipinski definition) is 1. The third kappa shape index (κ3) is 18.6. The number of benzene rings is 4. The normalized spacial score (nSPS) is 14.4. The number of rotatable bonds is 17. The van der Waals surface area contributed by atoms with Crippen molar-refractivity contribution in [3.8, 4) is 22.3 Å². The summed E-state index contributed by atoms with van der Waals surface area (Å²) in [5.41, 5.74) is 24.6. The molecule has 446 valence electrons. The quantitative estimate of drug-likeness (QED) is 0.0369. The first-order chi connectivity index (χ1) is 36.1. The Hall–Kier alpha value is -1.28. The Morgan fingerprint density at radius 1 is 0.494 bits per heavy atom. The summed E-state index contributed by atoms with van der Waals surface area (Å²) in [7, 11) is -10.6. The van der Waals surface area contributed by atoms with Gasteiger partial charge in [-0.05, 0) is 100 Å². The van der Waals surface area contributed by atoms with Crippen LogP contribution in [0.2, 0.25) is 152 Å². The standard InChI is InChI=1S/C30H67Si7.C30H37.C10H13NOTe.Sn/c1-31(2,3)28(32(4,5)6)25-22-26(29(33(7,8)9)34(10,11)12)24-27(23-25)30(35(13,14)15,36(16,17)18)37(19,20)21;1-19(2)23-12-14-27(29(17-23)21(5)6)25-10-9-11-26(16-25)28-15-13-24(20(3)4)18-30(28)22(7)8;1-6-4-7(2)9(8(3)5-6)10(13)11-12;/h23-24,28-29H,1-21H3;9-15,17-22H,1-8H3;4-5,12H,1-3H3,(H,11,13);. The molecular formula is C70H117NOSi7SnTe. The van der Waals surface area contributed by atoms with E-state index in [9.17, 15) is 0 Å². The summed E-state index contributed by atoms with van der Waals surface area (Å²) in [6.07, 6.45) is 5.59. The molecule has 6 radical (unpaired) electrons.